The number of anilines is 1. The lowest BCUT2D eigenvalue weighted by molar-refractivity contribution is -0.122. The molecule has 1 N–H and O–H groups in total. The molecular weight excluding hydrogens is 490 g/mol. The first-order valence-corrected chi connectivity index (χ1v) is 13.4. The smallest absolute Gasteiger partial charge is 0.293 e. The standard InChI is InChI=1S/C28H34ClN5O3/c1-17-8-18(2)14-33(13-17)28-31-12-22(29)23(32-28)10-20-6-7-24-21(9-20)11-25(37-16-26(35)30-3)27(36)34(24)15-19-4-5-19/h6-7,9,11-12,17-19H,4-5,8,10,13-16H2,1-3H3,(H,30,35)/t17-,18+. The Labute approximate surface area is 222 Å². The van der Waals surface area contributed by atoms with Crippen LogP contribution in [0.25, 0.3) is 10.9 Å². The van der Waals surface area contributed by atoms with Gasteiger partial charge in [-0.15, -0.1) is 0 Å². The second-order valence-electron chi connectivity index (χ2n) is 10.7. The highest BCUT2D eigenvalue weighted by Gasteiger charge is 2.25. The Morgan fingerprint density at radius 3 is 2.65 bits per heavy atom. The highest BCUT2D eigenvalue weighted by atomic mass is 35.5. The summed E-state index contributed by atoms with van der Waals surface area (Å²) in [5.74, 6) is 2.33. The summed E-state index contributed by atoms with van der Waals surface area (Å²) in [5.41, 5.74) is 2.45. The van der Waals surface area contributed by atoms with Gasteiger partial charge < -0.3 is 19.5 Å². The van der Waals surface area contributed by atoms with E-state index in [2.05, 4.69) is 29.0 Å². The number of halogens is 1. The van der Waals surface area contributed by atoms with Gasteiger partial charge in [-0.25, -0.2) is 9.97 Å². The van der Waals surface area contributed by atoms with Crippen molar-refractivity contribution in [3.63, 3.8) is 0 Å². The van der Waals surface area contributed by atoms with E-state index in [9.17, 15) is 9.59 Å². The number of nitrogens with zero attached hydrogens (tertiary/aromatic N) is 4. The van der Waals surface area contributed by atoms with Crippen molar-refractivity contribution in [1.82, 2.24) is 19.9 Å². The van der Waals surface area contributed by atoms with Crippen LogP contribution in [0.1, 0.15) is 44.4 Å². The van der Waals surface area contributed by atoms with Crippen molar-refractivity contribution in [2.75, 3.05) is 31.6 Å². The molecule has 9 heteroatoms. The Morgan fingerprint density at radius 2 is 1.95 bits per heavy atom. The maximum atomic E-state index is 13.2. The minimum atomic E-state index is -0.284. The van der Waals surface area contributed by atoms with Crippen LogP contribution in [-0.2, 0) is 17.8 Å². The minimum absolute atomic E-state index is 0.185. The number of amides is 1. The number of carbonyl (C=O) groups is 1. The third kappa shape index (κ3) is 5.90. The van der Waals surface area contributed by atoms with Gasteiger partial charge in [-0.05, 0) is 60.8 Å². The molecule has 196 valence electrons. The molecule has 8 nitrogen and oxygen atoms in total. The SMILES string of the molecule is CNC(=O)COc1cc2cc(Cc3nc(N4C[C@H](C)C[C@H](C)C4)ncc3Cl)ccc2n(CC2CC2)c1=O. The summed E-state index contributed by atoms with van der Waals surface area (Å²) in [4.78, 5) is 36.5. The minimum Gasteiger partial charge on any atom is -0.478 e. The molecule has 2 atom stereocenters. The monoisotopic (exact) mass is 523 g/mol. The molecule has 1 aliphatic carbocycles. The lowest BCUT2D eigenvalue weighted by atomic mass is 9.92. The Bertz CT molecular complexity index is 1360. The number of carbonyl (C=O) groups excluding carboxylic acids is 1. The molecule has 0 radical (unpaired) electrons. The van der Waals surface area contributed by atoms with Gasteiger partial charge in [0.25, 0.3) is 11.5 Å². The number of aromatic nitrogens is 3. The predicted octanol–water partition coefficient (Wildman–Crippen LogP) is 4.05. The van der Waals surface area contributed by atoms with E-state index in [4.69, 9.17) is 21.3 Å². The zero-order valence-electron chi connectivity index (χ0n) is 21.7. The van der Waals surface area contributed by atoms with Crippen LogP contribution in [-0.4, -0.2) is 47.2 Å². The van der Waals surface area contributed by atoms with E-state index < -0.39 is 0 Å². The number of benzene rings is 1. The van der Waals surface area contributed by atoms with Gasteiger partial charge in [0.05, 0.1) is 22.4 Å². The topological polar surface area (TPSA) is 89.3 Å². The molecule has 1 saturated heterocycles. The number of piperidine rings is 1. The first kappa shape index (κ1) is 25.5. The zero-order valence-corrected chi connectivity index (χ0v) is 22.4. The first-order chi connectivity index (χ1) is 17.8. The molecule has 2 aromatic heterocycles. The number of rotatable bonds is 8. The fraction of sp³-hybridized carbons (Fsp3) is 0.500. The summed E-state index contributed by atoms with van der Waals surface area (Å²) < 4.78 is 7.41. The van der Waals surface area contributed by atoms with E-state index in [-0.39, 0.29) is 23.8 Å². The molecule has 0 bridgehead atoms. The van der Waals surface area contributed by atoms with Gasteiger partial charge in [-0.2, -0.15) is 0 Å². The lowest BCUT2D eigenvalue weighted by Gasteiger charge is -2.35. The van der Waals surface area contributed by atoms with E-state index in [1.807, 2.05) is 18.2 Å². The Balaban J connectivity index is 1.46. The maximum Gasteiger partial charge on any atom is 0.293 e. The molecule has 0 spiro atoms. The van der Waals surface area contributed by atoms with Gasteiger partial charge in [-0.3, -0.25) is 9.59 Å². The van der Waals surface area contributed by atoms with Crippen molar-refractivity contribution in [1.29, 1.82) is 0 Å². The third-order valence-corrected chi connectivity index (χ3v) is 7.54. The highest BCUT2D eigenvalue weighted by molar-refractivity contribution is 6.31. The van der Waals surface area contributed by atoms with E-state index in [0.717, 1.165) is 54.0 Å². The van der Waals surface area contributed by atoms with Gasteiger partial charge in [0.2, 0.25) is 5.95 Å². The predicted molar refractivity (Wildman–Crippen MR) is 145 cm³/mol. The molecule has 0 unspecified atom stereocenters. The van der Waals surface area contributed by atoms with Crippen LogP contribution in [0.3, 0.4) is 0 Å². The molecule has 1 saturated carbocycles. The van der Waals surface area contributed by atoms with Gasteiger partial charge in [0.15, 0.2) is 12.4 Å². The summed E-state index contributed by atoms with van der Waals surface area (Å²) in [6, 6.07) is 7.80. The highest BCUT2D eigenvalue weighted by Crippen LogP contribution is 2.32. The number of ether oxygens (including phenoxy) is 1. The van der Waals surface area contributed by atoms with Gasteiger partial charge in [0.1, 0.15) is 0 Å². The lowest BCUT2D eigenvalue weighted by Crippen LogP contribution is -2.39. The molecule has 1 amide bonds. The van der Waals surface area contributed by atoms with Crippen molar-refractivity contribution in [2.24, 2.45) is 17.8 Å². The summed E-state index contributed by atoms with van der Waals surface area (Å²) in [7, 11) is 1.54. The van der Waals surface area contributed by atoms with Crippen LogP contribution >= 0.6 is 11.6 Å². The summed E-state index contributed by atoms with van der Waals surface area (Å²) in [6.07, 6.45) is 5.70. The summed E-state index contributed by atoms with van der Waals surface area (Å²) >= 11 is 6.53. The average molecular weight is 524 g/mol. The Morgan fingerprint density at radius 1 is 1.19 bits per heavy atom. The molecule has 5 rings (SSSR count). The van der Waals surface area contributed by atoms with E-state index >= 15 is 0 Å². The Hall–Kier alpha value is -3.13. The van der Waals surface area contributed by atoms with Crippen LogP contribution in [0.15, 0.2) is 35.3 Å². The van der Waals surface area contributed by atoms with E-state index in [0.29, 0.717) is 35.7 Å². The molecule has 2 aliphatic rings. The van der Waals surface area contributed by atoms with Gasteiger partial charge in [-0.1, -0.05) is 31.5 Å². The van der Waals surface area contributed by atoms with Crippen LogP contribution < -0.4 is 20.5 Å². The number of nitrogens with one attached hydrogen (secondary N) is 1. The quantitative estimate of drug-likeness (QED) is 0.479. The van der Waals surface area contributed by atoms with Gasteiger partial charge in [0, 0.05) is 38.5 Å². The van der Waals surface area contributed by atoms with E-state index in [1.165, 1.54) is 6.42 Å². The molecule has 37 heavy (non-hydrogen) atoms. The third-order valence-electron chi connectivity index (χ3n) is 7.23. The van der Waals surface area contributed by atoms with Crippen molar-refractivity contribution >= 4 is 34.4 Å². The fourth-order valence-corrected chi connectivity index (χ4v) is 5.43. The zero-order chi connectivity index (χ0) is 26.1. The average Bonchev–Trinajstić information content (AvgIpc) is 3.69. The van der Waals surface area contributed by atoms with Crippen molar-refractivity contribution in [3.8, 4) is 5.75 Å². The molecular formula is C28H34ClN5O3. The normalized spacial score (nSPS) is 19.7. The molecule has 2 fully saturated rings. The van der Waals surface area contributed by atoms with E-state index in [1.54, 1.807) is 23.9 Å². The van der Waals surface area contributed by atoms with Crippen LogP contribution in [0, 0.1) is 17.8 Å². The summed E-state index contributed by atoms with van der Waals surface area (Å²) in [6.45, 7) is 6.87. The van der Waals surface area contributed by atoms with Crippen LogP contribution in [0.4, 0.5) is 5.95 Å². The number of pyridine rings is 1. The second-order valence-corrected chi connectivity index (χ2v) is 11.1. The van der Waals surface area contributed by atoms with Crippen LogP contribution in [0.5, 0.6) is 5.75 Å². The van der Waals surface area contributed by atoms with Crippen molar-refractivity contribution in [2.45, 2.75) is 46.1 Å². The largest absolute Gasteiger partial charge is 0.478 e. The molecule has 3 aromatic rings. The maximum absolute atomic E-state index is 13.2. The van der Waals surface area contributed by atoms with Crippen molar-refractivity contribution in [3.05, 3.63) is 57.1 Å². The summed E-state index contributed by atoms with van der Waals surface area (Å²) in [5, 5.41) is 3.94. The molecule has 1 aliphatic heterocycles. The molecule has 1 aromatic carbocycles. The number of hydrogen-bond donors (Lipinski definition) is 1. The fourth-order valence-electron chi connectivity index (χ4n) is 5.27. The molecule has 3 heterocycles. The Kier molecular flexibility index (Phi) is 7.38. The first-order valence-electron chi connectivity index (χ1n) is 13.1. The van der Waals surface area contributed by atoms with Crippen LogP contribution in [0.2, 0.25) is 5.02 Å². The second kappa shape index (κ2) is 10.7. The number of likely N-dealkylation sites (N-methyl/N-ethyl adjacent to an activating group) is 1. The van der Waals surface area contributed by atoms with Gasteiger partial charge >= 0.3 is 0 Å². The number of hydrogen-bond acceptors (Lipinski definition) is 6. The number of fused-ring (bicyclic) bond motifs is 1. The van der Waals surface area contributed by atoms with Crippen molar-refractivity contribution < 1.29 is 9.53 Å².